The Bertz CT molecular complexity index is 793. The highest BCUT2D eigenvalue weighted by Crippen LogP contribution is 2.44. The van der Waals surface area contributed by atoms with E-state index in [0.29, 0.717) is 24.4 Å². The lowest BCUT2D eigenvalue weighted by Crippen LogP contribution is -2.60. The third-order valence-electron chi connectivity index (χ3n) is 7.95. The van der Waals surface area contributed by atoms with Crippen LogP contribution in [0.4, 0.5) is 8.78 Å². The molecular formula is C24H34F2N4O. The maximum atomic E-state index is 13.9. The van der Waals surface area contributed by atoms with Gasteiger partial charge in [0.1, 0.15) is 11.6 Å². The van der Waals surface area contributed by atoms with Gasteiger partial charge >= 0.3 is 0 Å². The first-order chi connectivity index (χ1) is 15.0. The SMILES string of the molecule is CN1CCN(C(=O)CN2C[C@@H]3C[C@H](C2)[C@@H]2CCC[C@H](c4cc(F)cc(F)c4)N2C3)CC1. The molecule has 4 aliphatic heterocycles. The molecule has 4 fully saturated rings. The first-order valence-electron chi connectivity index (χ1n) is 11.9. The number of carbonyl (C=O) groups excluding carboxylic acids is 1. The lowest BCUT2D eigenvalue weighted by Gasteiger charge is -2.55. The number of likely N-dealkylation sites (N-methyl/N-ethyl adjacent to an activating group) is 1. The van der Waals surface area contributed by atoms with E-state index in [4.69, 9.17) is 0 Å². The number of halogens is 2. The minimum absolute atomic E-state index is 0.104. The van der Waals surface area contributed by atoms with E-state index < -0.39 is 11.6 Å². The fourth-order valence-corrected chi connectivity index (χ4v) is 6.51. The van der Waals surface area contributed by atoms with E-state index in [-0.39, 0.29) is 11.9 Å². The molecule has 0 spiro atoms. The Kier molecular flexibility index (Phi) is 6.01. The molecule has 0 unspecified atom stereocenters. The Hall–Kier alpha value is -1.57. The molecule has 5 rings (SSSR count). The maximum Gasteiger partial charge on any atom is 0.236 e. The summed E-state index contributed by atoms with van der Waals surface area (Å²) in [4.78, 5) is 22.1. The number of piperazine rings is 1. The molecular weight excluding hydrogens is 398 g/mol. The summed E-state index contributed by atoms with van der Waals surface area (Å²) in [7, 11) is 2.11. The standard InChI is InChI=1S/C24H34F2N4O/c1-27-5-7-29(8-6-27)24(31)16-28-13-17-9-19(15-28)23-4-2-3-22(30(23)14-17)18-10-20(25)12-21(26)11-18/h10-12,17,19,22-23H,2-9,13-16H2,1H3/t17-,19+,22+,23-/m0/s1. The van der Waals surface area contributed by atoms with Crippen molar-refractivity contribution >= 4 is 5.91 Å². The zero-order valence-corrected chi connectivity index (χ0v) is 18.5. The van der Waals surface area contributed by atoms with E-state index in [1.165, 1.54) is 18.6 Å². The maximum absolute atomic E-state index is 13.9. The average molecular weight is 433 g/mol. The van der Waals surface area contributed by atoms with Crippen molar-refractivity contribution in [1.82, 2.24) is 19.6 Å². The second-order valence-electron chi connectivity index (χ2n) is 10.2. The summed E-state index contributed by atoms with van der Waals surface area (Å²) in [5, 5.41) is 0. The van der Waals surface area contributed by atoms with Gasteiger partial charge in [-0.25, -0.2) is 8.78 Å². The van der Waals surface area contributed by atoms with Gasteiger partial charge in [-0.15, -0.1) is 0 Å². The zero-order chi connectivity index (χ0) is 21.5. The summed E-state index contributed by atoms with van der Waals surface area (Å²) in [5.41, 5.74) is 0.782. The summed E-state index contributed by atoms with van der Waals surface area (Å²) in [6.45, 7) is 6.97. The quantitative estimate of drug-likeness (QED) is 0.735. The third kappa shape index (κ3) is 4.50. The Labute approximate surface area is 184 Å². The molecule has 1 amide bonds. The second kappa shape index (κ2) is 8.75. The molecule has 1 aromatic rings. The number of hydrogen-bond donors (Lipinski definition) is 0. The van der Waals surface area contributed by atoms with Gasteiger partial charge in [0.25, 0.3) is 0 Å². The van der Waals surface area contributed by atoms with Gasteiger partial charge in [0.05, 0.1) is 6.54 Å². The molecule has 4 saturated heterocycles. The number of piperidine rings is 3. The normalized spacial score (nSPS) is 32.7. The van der Waals surface area contributed by atoms with Crippen LogP contribution in [-0.2, 0) is 4.79 Å². The number of fused-ring (bicyclic) bond motifs is 4. The minimum Gasteiger partial charge on any atom is -0.339 e. The van der Waals surface area contributed by atoms with Crippen molar-refractivity contribution in [3.05, 3.63) is 35.4 Å². The number of hydrogen-bond acceptors (Lipinski definition) is 4. The van der Waals surface area contributed by atoms with Gasteiger partial charge in [-0.3, -0.25) is 14.6 Å². The second-order valence-corrected chi connectivity index (χ2v) is 10.2. The number of amides is 1. The molecule has 0 saturated carbocycles. The van der Waals surface area contributed by atoms with Gasteiger partial charge < -0.3 is 9.80 Å². The van der Waals surface area contributed by atoms with Crippen LogP contribution >= 0.6 is 0 Å². The van der Waals surface area contributed by atoms with Crippen molar-refractivity contribution in [2.45, 2.75) is 37.8 Å². The molecule has 0 aliphatic carbocycles. The van der Waals surface area contributed by atoms with Gasteiger partial charge in [0.15, 0.2) is 0 Å². The minimum atomic E-state index is -0.483. The topological polar surface area (TPSA) is 30.0 Å². The van der Waals surface area contributed by atoms with Crippen LogP contribution in [0.1, 0.15) is 37.3 Å². The highest BCUT2D eigenvalue weighted by molar-refractivity contribution is 5.78. The Morgan fingerprint density at radius 3 is 2.48 bits per heavy atom. The molecule has 7 heteroatoms. The Morgan fingerprint density at radius 1 is 1.00 bits per heavy atom. The molecule has 4 atom stereocenters. The van der Waals surface area contributed by atoms with Crippen LogP contribution < -0.4 is 0 Å². The van der Waals surface area contributed by atoms with Crippen LogP contribution in [0, 0.1) is 23.5 Å². The summed E-state index contributed by atoms with van der Waals surface area (Å²) in [5.74, 6) is 0.357. The predicted octanol–water partition coefficient (Wildman–Crippen LogP) is 2.59. The van der Waals surface area contributed by atoms with Crippen molar-refractivity contribution in [3.8, 4) is 0 Å². The van der Waals surface area contributed by atoms with Gasteiger partial charge in [0.2, 0.25) is 5.91 Å². The summed E-state index contributed by atoms with van der Waals surface area (Å²) < 4.78 is 27.8. The van der Waals surface area contributed by atoms with Crippen molar-refractivity contribution in [1.29, 1.82) is 0 Å². The van der Waals surface area contributed by atoms with Crippen LogP contribution in [0.15, 0.2) is 18.2 Å². The average Bonchev–Trinajstić information content (AvgIpc) is 2.73. The van der Waals surface area contributed by atoms with Crippen LogP contribution in [-0.4, -0.2) is 91.0 Å². The zero-order valence-electron chi connectivity index (χ0n) is 18.5. The largest absolute Gasteiger partial charge is 0.339 e. The lowest BCUT2D eigenvalue weighted by molar-refractivity contribution is -0.136. The van der Waals surface area contributed by atoms with Crippen molar-refractivity contribution in [3.63, 3.8) is 0 Å². The number of rotatable bonds is 3. The van der Waals surface area contributed by atoms with Crippen LogP contribution in [0.3, 0.4) is 0 Å². The molecule has 31 heavy (non-hydrogen) atoms. The molecule has 0 N–H and O–H groups in total. The molecule has 2 bridgehead atoms. The smallest absolute Gasteiger partial charge is 0.236 e. The molecule has 0 aromatic heterocycles. The predicted molar refractivity (Wildman–Crippen MR) is 116 cm³/mol. The molecule has 170 valence electrons. The monoisotopic (exact) mass is 432 g/mol. The van der Waals surface area contributed by atoms with Crippen LogP contribution in [0.25, 0.3) is 0 Å². The number of nitrogens with zero attached hydrogens (tertiary/aromatic N) is 4. The first kappa shape index (κ1) is 21.3. The van der Waals surface area contributed by atoms with Gasteiger partial charge in [0, 0.05) is 64.0 Å². The number of likely N-dealkylation sites (tertiary alicyclic amines) is 1. The van der Waals surface area contributed by atoms with Crippen molar-refractivity contribution < 1.29 is 13.6 Å². The van der Waals surface area contributed by atoms with E-state index >= 15 is 0 Å². The summed E-state index contributed by atoms with van der Waals surface area (Å²) in [6, 6.07) is 4.54. The Balaban J connectivity index is 1.25. The number of carbonyl (C=O) groups is 1. The van der Waals surface area contributed by atoms with Crippen LogP contribution in [0.5, 0.6) is 0 Å². The fourth-order valence-electron chi connectivity index (χ4n) is 6.51. The summed E-state index contributed by atoms with van der Waals surface area (Å²) in [6.07, 6.45) is 4.41. The molecule has 5 nitrogen and oxygen atoms in total. The first-order valence-corrected chi connectivity index (χ1v) is 11.9. The van der Waals surface area contributed by atoms with Gasteiger partial charge in [-0.1, -0.05) is 0 Å². The van der Waals surface area contributed by atoms with Crippen LogP contribution in [0.2, 0.25) is 0 Å². The van der Waals surface area contributed by atoms with E-state index in [2.05, 4.69) is 21.7 Å². The molecule has 0 radical (unpaired) electrons. The number of benzene rings is 1. The van der Waals surface area contributed by atoms with E-state index in [1.807, 2.05) is 4.90 Å². The van der Waals surface area contributed by atoms with E-state index in [1.54, 1.807) is 0 Å². The van der Waals surface area contributed by atoms with Gasteiger partial charge in [-0.2, -0.15) is 0 Å². The Morgan fingerprint density at radius 2 is 1.74 bits per heavy atom. The third-order valence-corrected chi connectivity index (χ3v) is 7.95. The molecule has 1 aromatic carbocycles. The van der Waals surface area contributed by atoms with E-state index in [0.717, 1.165) is 76.7 Å². The molecule has 4 heterocycles. The molecule has 4 aliphatic rings. The highest BCUT2D eigenvalue weighted by atomic mass is 19.1. The summed E-state index contributed by atoms with van der Waals surface area (Å²) >= 11 is 0. The lowest BCUT2D eigenvalue weighted by atomic mass is 9.74. The van der Waals surface area contributed by atoms with Crippen molar-refractivity contribution in [2.24, 2.45) is 11.8 Å². The van der Waals surface area contributed by atoms with E-state index in [9.17, 15) is 13.6 Å². The highest BCUT2D eigenvalue weighted by Gasteiger charge is 2.45. The fraction of sp³-hybridized carbons (Fsp3) is 0.708. The van der Waals surface area contributed by atoms with Gasteiger partial charge in [-0.05, 0) is 62.3 Å². The van der Waals surface area contributed by atoms with Crippen molar-refractivity contribution in [2.75, 3.05) is 59.4 Å².